The summed E-state index contributed by atoms with van der Waals surface area (Å²) in [5.74, 6) is -2.22. The zero-order valence-electron chi connectivity index (χ0n) is 14.7. The first-order chi connectivity index (χ1) is 13.7. The SMILES string of the molecule is CN(Cc1cn(S(=O)(=O)c2cscc2C#N)c(-c2cccnc2F)c1F)C(=O)O. The fourth-order valence-electron chi connectivity index (χ4n) is 2.61. The lowest BCUT2D eigenvalue weighted by atomic mass is 10.2. The van der Waals surface area contributed by atoms with Gasteiger partial charge in [0.1, 0.15) is 16.7 Å². The lowest BCUT2D eigenvalue weighted by Gasteiger charge is -2.11. The van der Waals surface area contributed by atoms with E-state index in [4.69, 9.17) is 10.4 Å². The van der Waals surface area contributed by atoms with Crippen molar-refractivity contribution in [3.63, 3.8) is 0 Å². The van der Waals surface area contributed by atoms with Crippen molar-refractivity contribution < 1.29 is 27.1 Å². The molecule has 0 spiro atoms. The number of halogens is 2. The highest BCUT2D eigenvalue weighted by atomic mass is 32.2. The van der Waals surface area contributed by atoms with Crippen LogP contribution in [0.15, 0.2) is 40.2 Å². The molecule has 8 nitrogen and oxygen atoms in total. The average molecular weight is 438 g/mol. The molecule has 0 aliphatic rings. The summed E-state index contributed by atoms with van der Waals surface area (Å²) in [6.45, 7) is -0.479. The van der Waals surface area contributed by atoms with E-state index in [9.17, 15) is 17.6 Å². The van der Waals surface area contributed by atoms with Crippen LogP contribution in [0.25, 0.3) is 11.3 Å². The Hall–Kier alpha value is -3.30. The van der Waals surface area contributed by atoms with Gasteiger partial charge < -0.3 is 10.0 Å². The standard InChI is InChI=1S/C17H12F2N4O4S2/c1-22(17(24)25)6-11-7-23(29(26,27)13-9-28-8-10(13)5-20)15(14(11)18)12-3-2-4-21-16(12)19/h2-4,7-9H,6H2,1H3,(H,24,25). The summed E-state index contributed by atoms with van der Waals surface area (Å²) in [6, 6.07) is 4.19. The fraction of sp³-hybridized carbons (Fsp3) is 0.118. The number of nitriles is 1. The van der Waals surface area contributed by atoms with Gasteiger partial charge in [-0.3, -0.25) is 0 Å². The van der Waals surface area contributed by atoms with E-state index in [1.165, 1.54) is 23.9 Å². The van der Waals surface area contributed by atoms with Crippen LogP contribution in [0.1, 0.15) is 11.1 Å². The maximum Gasteiger partial charge on any atom is 0.407 e. The summed E-state index contributed by atoms with van der Waals surface area (Å²) >= 11 is 0.962. The van der Waals surface area contributed by atoms with Gasteiger partial charge in [0, 0.05) is 35.8 Å². The Morgan fingerprint density at radius 3 is 2.76 bits per heavy atom. The van der Waals surface area contributed by atoms with E-state index in [0.29, 0.717) is 3.97 Å². The maximum absolute atomic E-state index is 15.2. The average Bonchev–Trinajstić information content (AvgIpc) is 3.28. The predicted octanol–water partition coefficient (Wildman–Crippen LogP) is 3.11. The van der Waals surface area contributed by atoms with Crippen LogP contribution in [0, 0.1) is 23.1 Å². The molecule has 0 bridgehead atoms. The van der Waals surface area contributed by atoms with Gasteiger partial charge in [-0.1, -0.05) is 0 Å². The van der Waals surface area contributed by atoms with Crippen molar-refractivity contribution in [2.75, 3.05) is 7.05 Å². The molecule has 0 saturated heterocycles. The summed E-state index contributed by atoms with van der Waals surface area (Å²) < 4.78 is 56.2. The third kappa shape index (κ3) is 3.57. The normalized spacial score (nSPS) is 11.2. The van der Waals surface area contributed by atoms with Crippen molar-refractivity contribution in [1.82, 2.24) is 13.9 Å². The third-order valence-corrected chi connectivity index (χ3v) is 6.61. The fourth-order valence-corrected chi connectivity index (χ4v) is 5.25. The predicted molar refractivity (Wildman–Crippen MR) is 98.7 cm³/mol. The lowest BCUT2D eigenvalue weighted by molar-refractivity contribution is 0.153. The Morgan fingerprint density at radius 2 is 2.14 bits per heavy atom. The quantitative estimate of drug-likeness (QED) is 0.612. The number of amides is 1. The Kier molecular flexibility index (Phi) is 5.36. The highest BCUT2D eigenvalue weighted by molar-refractivity contribution is 7.90. The molecule has 0 radical (unpaired) electrons. The Bertz CT molecular complexity index is 1240. The lowest BCUT2D eigenvalue weighted by Crippen LogP contribution is -2.24. The molecule has 1 N–H and O–H groups in total. The summed E-state index contributed by atoms with van der Waals surface area (Å²) in [4.78, 5) is 14.9. The van der Waals surface area contributed by atoms with Crippen molar-refractivity contribution in [2.24, 2.45) is 0 Å². The number of hydrogen-bond donors (Lipinski definition) is 1. The molecule has 0 fully saturated rings. The van der Waals surface area contributed by atoms with Crippen LogP contribution in [-0.2, 0) is 16.6 Å². The van der Waals surface area contributed by atoms with Gasteiger partial charge in [-0.05, 0) is 12.1 Å². The number of carboxylic acid groups (broad SMARTS) is 1. The smallest absolute Gasteiger partial charge is 0.407 e. The Labute approximate surface area is 167 Å². The second-order valence-corrected chi connectivity index (χ2v) is 8.39. The highest BCUT2D eigenvalue weighted by Gasteiger charge is 2.31. The number of nitrogens with zero attached hydrogens (tertiary/aromatic N) is 4. The van der Waals surface area contributed by atoms with Gasteiger partial charge in [0.25, 0.3) is 10.0 Å². The number of thiophene rings is 1. The van der Waals surface area contributed by atoms with Crippen molar-refractivity contribution in [3.05, 3.63) is 58.2 Å². The van der Waals surface area contributed by atoms with E-state index >= 15 is 4.39 Å². The maximum atomic E-state index is 15.2. The molecule has 0 unspecified atom stereocenters. The van der Waals surface area contributed by atoms with E-state index < -0.39 is 45.7 Å². The number of carbonyl (C=O) groups is 1. The van der Waals surface area contributed by atoms with E-state index in [1.807, 2.05) is 0 Å². The minimum atomic E-state index is -4.49. The molecule has 3 heterocycles. The second kappa shape index (κ2) is 7.61. The Morgan fingerprint density at radius 1 is 1.41 bits per heavy atom. The molecule has 3 aromatic heterocycles. The van der Waals surface area contributed by atoms with Crippen molar-refractivity contribution in [2.45, 2.75) is 11.4 Å². The van der Waals surface area contributed by atoms with E-state index in [2.05, 4.69) is 4.98 Å². The molecule has 0 aromatic carbocycles. The largest absolute Gasteiger partial charge is 0.465 e. The van der Waals surface area contributed by atoms with Gasteiger partial charge in [0.15, 0.2) is 5.82 Å². The van der Waals surface area contributed by atoms with Gasteiger partial charge in [-0.2, -0.15) is 9.65 Å². The first-order valence-corrected chi connectivity index (χ1v) is 10.2. The van der Waals surface area contributed by atoms with Crippen LogP contribution in [-0.4, -0.2) is 40.5 Å². The molecule has 150 valence electrons. The van der Waals surface area contributed by atoms with Crippen LogP contribution < -0.4 is 0 Å². The molecule has 0 aliphatic heterocycles. The minimum Gasteiger partial charge on any atom is -0.465 e. The van der Waals surface area contributed by atoms with E-state index in [1.54, 1.807) is 6.07 Å². The van der Waals surface area contributed by atoms with Crippen LogP contribution >= 0.6 is 11.3 Å². The molecular formula is C17H12F2N4O4S2. The van der Waals surface area contributed by atoms with Gasteiger partial charge >= 0.3 is 6.09 Å². The Balaban J connectivity index is 2.30. The van der Waals surface area contributed by atoms with Crippen LogP contribution in [0.3, 0.4) is 0 Å². The number of rotatable bonds is 5. The monoisotopic (exact) mass is 438 g/mol. The summed E-state index contributed by atoms with van der Waals surface area (Å²) in [6.07, 6.45) is 0.633. The number of pyridine rings is 1. The topological polar surface area (TPSA) is 116 Å². The molecule has 0 aliphatic carbocycles. The molecule has 0 atom stereocenters. The zero-order chi connectivity index (χ0) is 21.3. The zero-order valence-corrected chi connectivity index (χ0v) is 16.3. The summed E-state index contributed by atoms with van der Waals surface area (Å²) in [5, 5.41) is 20.7. The number of aromatic nitrogens is 2. The number of hydrogen-bond acceptors (Lipinski definition) is 6. The van der Waals surface area contributed by atoms with Crippen LogP contribution in [0.2, 0.25) is 0 Å². The minimum absolute atomic E-state index is 0.147. The van der Waals surface area contributed by atoms with Crippen molar-refractivity contribution >= 4 is 27.5 Å². The van der Waals surface area contributed by atoms with E-state index in [0.717, 1.165) is 34.7 Å². The molecule has 3 aromatic rings. The summed E-state index contributed by atoms with van der Waals surface area (Å²) in [5.41, 5.74) is -1.50. The molecule has 1 amide bonds. The molecule has 3 rings (SSSR count). The summed E-state index contributed by atoms with van der Waals surface area (Å²) in [7, 11) is -3.32. The molecular weight excluding hydrogens is 426 g/mol. The van der Waals surface area contributed by atoms with E-state index in [-0.39, 0.29) is 16.0 Å². The van der Waals surface area contributed by atoms with Crippen LogP contribution in [0.5, 0.6) is 0 Å². The molecule has 0 saturated carbocycles. The van der Waals surface area contributed by atoms with Crippen LogP contribution in [0.4, 0.5) is 13.6 Å². The first-order valence-electron chi connectivity index (χ1n) is 7.85. The van der Waals surface area contributed by atoms with Crippen molar-refractivity contribution in [1.29, 1.82) is 5.26 Å². The van der Waals surface area contributed by atoms with Gasteiger partial charge in [-0.15, -0.1) is 11.3 Å². The molecule has 29 heavy (non-hydrogen) atoms. The third-order valence-electron chi connectivity index (χ3n) is 4.02. The van der Waals surface area contributed by atoms with Gasteiger partial charge in [0.05, 0.1) is 17.7 Å². The van der Waals surface area contributed by atoms with Crippen molar-refractivity contribution in [3.8, 4) is 17.3 Å². The first kappa shape index (κ1) is 20.4. The molecule has 12 heteroatoms. The van der Waals surface area contributed by atoms with Gasteiger partial charge in [0.2, 0.25) is 5.95 Å². The second-order valence-electron chi connectivity index (χ2n) is 5.86. The van der Waals surface area contributed by atoms with Gasteiger partial charge in [-0.25, -0.2) is 26.6 Å². The highest BCUT2D eigenvalue weighted by Crippen LogP contribution is 2.33.